The number of amides is 1. The predicted octanol–water partition coefficient (Wildman–Crippen LogP) is -8.78. The number of nitrogens with one attached hydrogen (secondary N) is 1. The zero-order chi connectivity index (χ0) is 12.8. The third-order valence-electron chi connectivity index (χ3n) is 2.06. The number of benzene rings is 1. The molecule has 0 aliphatic carbocycles. The fourth-order valence-corrected chi connectivity index (χ4v) is 1.26. The van der Waals surface area contributed by atoms with Crippen molar-refractivity contribution in [1.29, 1.82) is 0 Å². The second-order valence-corrected chi connectivity index (χ2v) is 3.32. The van der Waals surface area contributed by atoms with Crippen LogP contribution in [0.2, 0.25) is 0 Å². The molecule has 1 N–H and O–H groups in total. The summed E-state index contributed by atoms with van der Waals surface area (Å²) in [7, 11) is 0. The summed E-state index contributed by atoms with van der Waals surface area (Å²) in [6.07, 6.45) is -0.0534. The summed E-state index contributed by atoms with van der Waals surface area (Å²) in [5.41, 5.74) is 0.639. The van der Waals surface area contributed by atoms with Crippen LogP contribution in [0.5, 0.6) is 0 Å². The van der Waals surface area contributed by atoms with E-state index in [1.165, 1.54) is 0 Å². The Morgan fingerprint density at radius 3 is 2.00 bits per heavy atom. The van der Waals surface area contributed by atoms with Crippen molar-refractivity contribution in [3.8, 4) is 0 Å². The fraction of sp³-hybridized carbons (Fsp3) is 0.182. The zero-order valence-electron chi connectivity index (χ0n) is 10.7. The van der Waals surface area contributed by atoms with Gasteiger partial charge in [0, 0.05) is 0 Å². The predicted molar refractivity (Wildman–Crippen MR) is 52.1 cm³/mol. The maximum atomic E-state index is 10.8. The number of carbonyl (C=O) groups is 3. The van der Waals surface area contributed by atoms with E-state index in [0.717, 1.165) is 0 Å². The molecule has 1 aromatic carbocycles. The van der Waals surface area contributed by atoms with E-state index in [1.54, 1.807) is 35.6 Å². The van der Waals surface area contributed by atoms with Gasteiger partial charge in [-0.25, -0.2) is 0 Å². The summed E-state index contributed by atoms with van der Waals surface area (Å²) in [6, 6.07) is 7.05. The van der Waals surface area contributed by atoms with E-state index >= 15 is 0 Å². The van der Waals surface area contributed by atoms with Gasteiger partial charge in [0.1, 0.15) is 5.97 Å². The van der Waals surface area contributed by atoms with Crippen LogP contribution in [0.4, 0.5) is 0 Å². The molecule has 0 aliphatic heterocycles. The average molecular weight is 281 g/mol. The van der Waals surface area contributed by atoms with E-state index in [4.69, 9.17) is 0 Å². The first-order valence-corrected chi connectivity index (χ1v) is 4.77. The molecule has 1 rings (SSSR count). The number of aliphatic carboxylic acids is 2. The Bertz CT molecular complexity index is 438. The Hall–Kier alpha value is -0.370. The number of carboxylic acids is 2. The smallest absolute Gasteiger partial charge is 0.548 e. The van der Waals surface area contributed by atoms with E-state index in [2.05, 4.69) is 0 Å². The maximum Gasteiger partial charge on any atom is 1.00 e. The molecule has 1 aromatic rings. The second-order valence-electron chi connectivity index (χ2n) is 3.32. The normalized spacial score (nSPS) is 10.3. The molecular weight excluding hydrogens is 272 g/mol. The molecule has 0 saturated heterocycles. The van der Waals surface area contributed by atoms with Gasteiger partial charge in [0.15, 0.2) is 0 Å². The van der Waals surface area contributed by atoms with Gasteiger partial charge in [-0.05, 0) is 12.0 Å². The van der Waals surface area contributed by atoms with Crippen molar-refractivity contribution < 1.29 is 83.7 Å². The molecule has 6 nitrogen and oxygen atoms in total. The monoisotopic (exact) mass is 281 g/mol. The second kappa shape index (κ2) is 10.4. The Labute approximate surface area is 154 Å². The van der Waals surface area contributed by atoms with E-state index in [9.17, 15) is 24.6 Å². The first kappa shape index (κ1) is 20.9. The Morgan fingerprint density at radius 2 is 1.58 bits per heavy atom. The van der Waals surface area contributed by atoms with Crippen molar-refractivity contribution in [3.63, 3.8) is 0 Å². The minimum absolute atomic E-state index is 0. The van der Waals surface area contributed by atoms with Crippen LogP contribution < -0.4 is 74.6 Å². The molecule has 90 valence electrons. The molecule has 1 unspecified atom stereocenters. The fourth-order valence-electron chi connectivity index (χ4n) is 1.26. The van der Waals surface area contributed by atoms with Gasteiger partial charge < -0.3 is 25.1 Å². The first-order chi connectivity index (χ1) is 8.00. The number of hydrogen-bond donors (Lipinski definition) is 1. The number of carboxylic acid groups (broad SMARTS) is 2. The topological polar surface area (TPSA) is 109 Å². The molecule has 8 heteroatoms. The number of hydrogen-bond acceptors (Lipinski definition) is 5. The molecule has 0 aliphatic rings. The molecule has 0 bridgehead atoms. The van der Waals surface area contributed by atoms with E-state index < -0.39 is 23.9 Å². The summed E-state index contributed by atoms with van der Waals surface area (Å²) >= 11 is 0. The van der Waals surface area contributed by atoms with Crippen molar-refractivity contribution in [2.45, 2.75) is 12.5 Å². The Balaban J connectivity index is 0. The van der Waals surface area contributed by atoms with Crippen LogP contribution in [0.1, 0.15) is 5.56 Å². The van der Waals surface area contributed by atoms with Crippen molar-refractivity contribution in [1.82, 2.24) is 5.32 Å². The quantitative estimate of drug-likeness (QED) is 0.435. The van der Waals surface area contributed by atoms with Gasteiger partial charge in [-0.1, -0.05) is 30.3 Å². The summed E-state index contributed by atoms with van der Waals surface area (Å²) in [5.74, 6) is -5.01. The van der Waals surface area contributed by atoms with Crippen LogP contribution in [-0.4, -0.2) is 23.9 Å². The van der Waals surface area contributed by atoms with Gasteiger partial charge in [0.05, 0.1) is 12.0 Å². The van der Waals surface area contributed by atoms with Crippen LogP contribution in [0, 0.1) is 0 Å². The first-order valence-electron chi connectivity index (χ1n) is 4.77. The molecule has 0 heterocycles. The van der Waals surface area contributed by atoms with Crippen LogP contribution in [0.15, 0.2) is 30.3 Å². The largest absolute Gasteiger partial charge is 1.00 e. The minimum Gasteiger partial charge on any atom is -0.548 e. The standard InChI is InChI=1S/C11H11NO5.2Na/c13-9(11(16)17)12-8(10(14)15)6-7-4-2-1-3-5-7;;/h1-5,8H,6H2,(H,12,13)(H,14,15)(H,16,17);;/q;2*+1/p-2. The third-order valence-corrected chi connectivity index (χ3v) is 2.06. The minimum atomic E-state index is -1.98. The molecular formula is C11H9NNa2O5. The van der Waals surface area contributed by atoms with Crippen molar-refractivity contribution in [2.75, 3.05) is 0 Å². The van der Waals surface area contributed by atoms with Gasteiger partial charge >= 0.3 is 59.1 Å². The van der Waals surface area contributed by atoms with Crippen molar-refractivity contribution in [3.05, 3.63) is 35.9 Å². The van der Waals surface area contributed by atoms with Crippen molar-refractivity contribution >= 4 is 17.8 Å². The molecule has 19 heavy (non-hydrogen) atoms. The number of carbonyl (C=O) groups excluding carboxylic acids is 3. The summed E-state index contributed by atoms with van der Waals surface area (Å²) in [6.45, 7) is 0. The van der Waals surface area contributed by atoms with Gasteiger partial charge in [-0.15, -0.1) is 0 Å². The Kier molecular flexibility index (Phi) is 11.5. The van der Waals surface area contributed by atoms with Gasteiger partial charge in [0.25, 0.3) is 5.91 Å². The summed E-state index contributed by atoms with van der Waals surface area (Å²) < 4.78 is 0. The maximum absolute atomic E-state index is 10.8. The molecule has 0 aromatic heterocycles. The zero-order valence-corrected chi connectivity index (χ0v) is 14.7. The molecule has 0 saturated carbocycles. The van der Waals surface area contributed by atoms with Gasteiger partial charge in [0.2, 0.25) is 0 Å². The number of rotatable bonds is 4. The summed E-state index contributed by atoms with van der Waals surface area (Å²) in [4.78, 5) is 31.7. The SMILES string of the molecule is O=C([O-])C(=O)NC(Cc1ccccc1)C(=O)[O-].[Na+].[Na+]. The summed E-state index contributed by atoms with van der Waals surface area (Å²) in [5, 5.41) is 22.7. The van der Waals surface area contributed by atoms with Gasteiger partial charge in [-0.3, -0.25) is 4.79 Å². The van der Waals surface area contributed by atoms with E-state index in [-0.39, 0.29) is 65.5 Å². The average Bonchev–Trinajstić information content (AvgIpc) is 2.29. The molecule has 0 radical (unpaired) electrons. The van der Waals surface area contributed by atoms with Crippen LogP contribution in [-0.2, 0) is 20.8 Å². The van der Waals surface area contributed by atoms with Crippen LogP contribution in [0.25, 0.3) is 0 Å². The molecule has 1 amide bonds. The Morgan fingerprint density at radius 1 is 1.05 bits per heavy atom. The van der Waals surface area contributed by atoms with Crippen molar-refractivity contribution in [2.24, 2.45) is 0 Å². The third kappa shape index (κ3) is 7.71. The van der Waals surface area contributed by atoms with Gasteiger partial charge in [-0.2, -0.15) is 0 Å². The van der Waals surface area contributed by atoms with Crippen LogP contribution in [0.3, 0.4) is 0 Å². The molecule has 0 fully saturated rings. The van der Waals surface area contributed by atoms with E-state index in [1.807, 2.05) is 0 Å². The van der Waals surface area contributed by atoms with E-state index in [0.29, 0.717) is 5.56 Å². The van der Waals surface area contributed by atoms with Crippen LogP contribution >= 0.6 is 0 Å². The molecule has 1 atom stereocenters. The molecule has 0 spiro atoms.